The zero-order valence-electron chi connectivity index (χ0n) is 18.5. The van der Waals surface area contributed by atoms with Gasteiger partial charge in [-0.15, -0.1) is 0 Å². The van der Waals surface area contributed by atoms with Crippen LogP contribution in [0.25, 0.3) is 11.1 Å². The smallest absolute Gasteiger partial charge is 0.407 e. The number of hydrogen-bond acceptors (Lipinski definition) is 4. The number of rotatable bonds is 10. The van der Waals surface area contributed by atoms with Crippen molar-refractivity contribution in [1.82, 2.24) is 10.6 Å². The number of nitrogens with one attached hydrogen (secondary N) is 2. The minimum atomic E-state index is -1.07. The first kappa shape index (κ1) is 23.3. The monoisotopic (exact) mass is 438 g/mol. The summed E-state index contributed by atoms with van der Waals surface area (Å²) in [5.74, 6) is -1.52. The molecule has 3 N–H and O–H groups in total. The molecule has 2 aromatic rings. The fraction of sp³-hybridized carbons (Fsp3) is 0.400. The minimum Gasteiger partial charge on any atom is -0.480 e. The van der Waals surface area contributed by atoms with E-state index >= 15 is 0 Å². The maximum Gasteiger partial charge on any atom is 0.407 e. The van der Waals surface area contributed by atoms with Crippen molar-refractivity contribution in [3.63, 3.8) is 0 Å². The summed E-state index contributed by atoms with van der Waals surface area (Å²) in [5, 5.41) is 14.4. The van der Waals surface area contributed by atoms with Crippen LogP contribution < -0.4 is 10.6 Å². The highest BCUT2D eigenvalue weighted by molar-refractivity contribution is 5.84. The molecule has 0 fully saturated rings. The average Bonchev–Trinajstić information content (AvgIpc) is 3.10. The molecule has 0 spiro atoms. The van der Waals surface area contributed by atoms with Gasteiger partial charge in [0.25, 0.3) is 0 Å². The molecule has 0 unspecified atom stereocenters. The van der Waals surface area contributed by atoms with E-state index in [1.54, 1.807) is 6.92 Å². The van der Waals surface area contributed by atoms with Gasteiger partial charge in [0.05, 0.1) is 0 Å². The molecule has 3 rings (SSSR count). The lowest BCUT2D eigenvalue weighted by atomic mass is 9.98. The highest BCUT2D eigenvalue weighted by atomic mass is 16.5. The van der Waals surface area contributed by atoms with Crippen molar-refractivity contribution in [2.75, 3.05) is 6.61 Å². The molecule has 7 nitrogen and oxygen atoms in total. The number of ether oxygens (including phenoxy) is 1. The molecule has 2 aromatic carbocycles. The lowest BCUT2D eigenvalue weighted by Gasteiger charge is -2.20. The van der Waals surface area contributed by atoms with E-state index in [4.69, 9.17) is 9.84 Å². The Kier molecular flexibility index (Phi) is 7.87. The van der Waals surface area contributed by atoms with Gasteiger partial charge in [0.2, 0.25) is 5.91 Å². The predicted octanol–water partition coefficient (Wildman–Crippen LogP) is 4.06. The molecule has 7 heteroatoms. The van der Waals surface area contributed by atoms with E-state index in [9.17, 15) is 14.4 Å². The fourth-order valence-corrected chi connectivity index (χ4v) is 4.20. The predicted molar refractivity (Wildman–Crippen MR) is 121 cm³/mol. The van der Waals surface area contributed by atoms with Gasteiger partial charge < -0.3 is 20.5 Å². The lowest BCUT2D eigenvalue weighted by molar-refractivity contribution is -0.142. The van der Waals surface area contributed by atoms with Gasteiger partial charge in [0, 0.05) is 18.4 Å². The third-order valence-corrected chi connectivity index (χ3v) is 5.78. The molecule has 0 aliphatic heterocycles. The van der Waals surface area contributed by atoms with Gasteiger partial charge in [-0.1, -0.05) is 68.8 Å². The highest BCUT2D eigenvalue weighted by Gasteiger charge is 2.29. The first-order chi connectivity index (χ1) is 15.4. The summed E-state index contributed by atoms with van der Waals surface area (Å²) in [6, 6.07) is 14.9. The Morgan fingerprint density at radius 3 is 2.09 bits per heavy atom. The summed E-state index contributed by atoms with van der Waals surface area (Å²) in [6.45, 7) is 3.84. The van der Waals surface area contributed by atoms with Crippen LogP contribution in [0.1, 0.15) is 56.6 Å². The first-order valence-corrected chi connectivity index (χ1v) is 11.1. The summed E-state index contributed by atoms with van der Waals surface area (Å²) in [5.41, 5.74) is 4.57. The van der Waals surface area contributed by atoms with Gasteiger partial charge >= 0.3 is 12.1 Å². The number of carbonyl (C=O) groups excluding carboxylic acids is 2. The normalized spacial score (nSPS) is 14.1. The van der Waals surface area contributed by atoms with Crippen LogP contribution in [0.4, 0.5) is 4.79 Å². The number of amides is 2. The van der Waals surface area contributed by atoms with Crippen LogP contribution in [0.2, 0.25) is 0 Å². The molecule has 1 aliphatic carbocycles. The molecule has 170 valence electrons. The second-order valence-corrected chi connectivity index (χ2v) is 8.03. The molecule has 0 aromatic heterocycles. The van der Waals surface area contributed by atoms with Crippen molar-refractivity contribution in [3.8, 4) is 11.1 Å². The van der Waals surface area contributed by atoms with Gasteiger partial charge in [-0.2, -0.15) is 0 Å². The summed E-state index contributed by atoms with van der Waals surface area (Å²) >= 11 is 0. The van der Waals surface area contributed by atoms with E-state index in [-0.39, 0.29) is 18.9 Å². The van der Waals surface area contributed by atoms with E-state index in [0.717, 1.165) is 28.7 Å². The summed E-state index contributed by atoms with van der Waals surface area (Å²) < 4.78 is 5.56. The van der Waals surface area contributed by atoms with Crippen LogP contribution in [0.15, 0.2) is 48.5 Å². The Bertz CT molecular complexity index is 929. The maximum absolute atomic E-state index is 12.5. The molecular weight excluding hydrogens is 408 g/mol. The van der Waals surface area contributed by atoms with Gasteiger partial charge in [-0.3, -0.25) is 4.79 Å². The Morgan fingerprint density at radius 2 is 1.56 bits per heavy atom. The van der Waals surface area contributed by atoms with E-state index < -0.39 is 30.1 Å². The Balaban J connectivity index is 1.59. The molecule has 0 radical (unpaired) electrons. The highest BCUT2D eigenvalue weighted by Crippen LogP contribution is 2.44. The SMILES string of the molecule is CCC[C@@H](CC(=O)N[C@@H](CC)C(=O)O)NC(=O)OCC1c2ccccc2-c2ccccc21. The van der Waals surface area contributed by atoms with E-state index in [1.165, 1.54) is 0 Å². The van der Waals surface area contributed by atoms with Gasteiger partial charge in [0.15, 0.2) is 0 Å². The minimum absolute atomic E-state index is 0.00180. The molecule has 2 atom stereocenters. The van der Waals surface area contributed by atoms with Crippen LogP contribution in [-0.2, 0) is 14.3 Å². The number of benzene rings is 2. The zero-order valence-corrected chi connectivity index (χ0v) is 18.5. The average molecular weight is 439 g/mol. The molecule has 0 bridgehead atoms. The lowest BCUT2D eigenvalue weighted by Crippen LogP contribution is -2.44. The maximum atomic E-state index is 12.5. The van der Waals surface area contributed by atoms with Crippen LogP contribution >= 0.6 is 0 Å². The van der Waals surface area contributed by atoms with Gasteiger partial charge in [0.1, 0.15) is 12.6 Å². The number of carbonyl (C=O) groups is 3. The summed E-state index contributed by atoms with van der Waals surface area (Å²) in [7, 11) is 0. The van der Waals surface area contributed by atoms with Crippen LogP contribution in [-0.4, -0.2) is 41.8 Å². The van der Waals surface area contributed by atoms with E-state index in [1.807, 2.05) is 31.2 Å². The van der Waals surface area contributed by atoms with Crippen molar-refractivity contribution in [2.24, 2.45) is 0 Å². The fourth-order valence-electron chi connectivity index (χ4n) is 4.20. The topological polar surface area (TPSA) is 105 Å². The molecule has 0 saturated heterocycles. The standard InChI is InChI=1S/C25H30N2O5/c1-3-9-16(14-23(28)27-22(4-2)24(29)30)26-25(31)32-15-21-19-12-7-5-10-17(19)18-11-6-8-13-20(18)21/h5-8,10-13,16,21-22H,3-4,9,14-15H2,1-2H3,(H,26,31)(H,27,28)(H,29,30)/t16-,22-/m0/s1. The second-order valence-electron chi connectivity index (χ2n) is 8.03. The number of alkyl carbamates (subject to hydrolysis) is 1. The molecular formula is C25H30N2O5. The summed E-state index contributed by atoms with van der Waals surface area (Å²) in [6.07, 6.45) is 1.06. The van der Waals surface area contributed by atoms with Crippen molar-refractivity contribution >= 4 is 18.0 Å². The van der Waals surface area contributed by atoms with Crippen molar-refractivity contribution < 1.29 is 24.2 Å². The third-order valence-electron chi connectivity index (χ3n) is 5.78. The van der Waals surface area contributed by atoms with Gasteiger partial charge in [-0.25, -0.2) is 9.59 Å². The summed E-state index contributed by atoms with van der Waals surface area (Å²) in [4.78, 5) is 35.9. The zero-order chi connectivity index (χ0) is 23.1. The van der Waals surface area contributed by atoms with E-state index in [2.05, 4.69) is 34.9 Å². The van der Waals surface area contributed by atoms with E-state index in [0.29, 0.717) is 12.8 Å². The van der Waals surface area contributed by atoms with Crippen molar-refractivity contribution in [2.45, 2.75) is 57.5 Å². The van der Waals surface area contributed by atoms with Crippen molar-refractivity contribution in [1.29, 1.82) is 0 Å². The number of carboxylic acids is 1. The molecule has 1 aliphatic rings. The number of fused-ring (bicyclic) bond motifs is 3. The number of aliphatic carboxylic acids is 1. The number of hydrogen-bond donors (Lipinski definition) is 3. The third kappa shape index (κ3) is 5.46. The quantitative estimate of drug-likeness (QED) is 0.519. The first-order valence-electron chi connectivity index (χ1n) is 11.1. The molecule has 0 saturated carbocycles. The van der Waals surface area contributed by atoms with Gasteiger partial charge in [-0.05, 0) is 35.1 Å². The Labute approximate surface area is 188 Å². The van der Waals surface area contributed by atoms with Crippen LogP contribution in [0.5, 0.6) is 0 Å². The van der Waals surface area contributed by atoms with Crippen LogP contribution in [0.3, 0.4) is 0 Å². The second kappa shape index (κ2) is 10.8. The molecule has 32 heavy (non-hydrogen) atoms. The Morgan fingerprint density at radius 1 is 0.969 bits per heavy atom. The van der Waals surface area contributed by atoms with Crippen LogP contribution in [0, 0.1) is 0 Å². The van der Waals surface area contributed by atoms with Crippen molar-refractivity contribution in [3.05, 3.63) is 59.7 Å². The molecule has 2 amide bonds. The molecule has 0 heterocycles. The number of carboxylic acid groups (broad SMARTS) is 1. The Hall–Kier alpha value is -3.35. The largest absolute Gasteiger partial charge is 0.480 e.